The van der Waals surface area contributed by atoms with E-state index in [9.17, 15) is 0 Å². The number of hydrazine groups is 1. The quantitative estimate of drug-likeness (QED) is 0.514. The van der Waals surface area contributed by atoms with E-state index in [1.165, 1.54) is 0 Å². The van der Waals surface area contributed by atoms with Gasteiger partial charge >= 0.3 is 0 Å². The summed E-state index contributed by atoms with van der Waals surface area (Å²) >= 11 is 9.20. The van der Waals surface area contributed by atoms with E-state index in [2.05, 4.69) is 31.4 Å². The van der Waals surface area contributed by atoms with Crippen LogP contribution in [-0.4, -0.2) is 14.8 Å². The molecule has 3 N–H and O–H groups in total. The first-order chi connectivity index (χ1) is 8.13. The van der Waals surface area contributed by atoms with Crippen molar-refractivity contribution in [1.82, 2.24) is 20.2 Å². The molecule has 0 spiro atoms. The Labute approximate surface area is 112 Å². The van der Waals surface area contributed by atoms with Crippen LogP contribution in [-0.2, 0) is 7.05 Å². The fourth-order valence-electron chi connectivity index (χ4n) is 1.64. The topological polar surface area (TPSA) is 68.8 Å². The van der Waals surface area contributed by atoms with Crippen LogP contribution in [0.4, 0.5) is 0 Å². The van der Waals surface area contributed by atoms with Gasteiger partial charge in [0.05, 0.1) is 22.4 Å². The SMILES string of the molecule is Cn1ncc(Br)c1C(NN)c1ccc(Cl)nc1. The smallest absolute Gasteiger partial charge is 0.129 e. The normalized spacial score (nSPS) is 12.7. The molecule has 0 radical (unpaired) electrons. The van der Waals surface area contributed by atoms with Gasteiger partial charge in [-0.1, -0.05) is 17.7 Å². The molecular formula is C10H11BrClN5. The Balaban J connectivity index is 2.43. The van der Waals surface area contributed by atoms with Crippen molar-refractivity contribution in [2.24, 2.45) is 12.9 Å². The van der Waals surface area contributed by atoms with Gasteiger partial charge in [-0.25, -0.2) is 10.4 Å². The third-order valence-corrected chi connectivity index (χ3v) is 3.30. The van der Waals surface area contributed by atoms with Crippen LogP contribution < -0.4 is 11.3 Å². The highest BCUT2D eigenvalue weighted by Gasteiger charge is 2.19. The fourth-order valence-corrected chi connectivity index (χ4v) is 2.32. The van der Waals surface area contributed by atoms with Crippen LogP contribution in [0.1, 0.15) is 17.3 Å². The molecule has 1 atom stereocenters. The van der Waals surface area contributed by atoms with Crippen LogP contribution >= 0.6 is 27.5 Å². The van der Waals surface area contributed by atoms with Crippen LogP contribution in [0.25, 0.3) is 0 Å². The Kier molecular flexibility index (Phi) is 3.78. The van der Waals surface area contributed by atoms with Crippen LogP contribution in [0.3, 0.4) is 0 Å². The van der Waals surface area contributed by atoms with Crippen molar-refractivity contribution in [2.75, 3.05) is 0 Å². The van der Waals surface area contributed by atoms with Crippen LogP contribution in [0, 0.1) is 0 Å². The number of hydrogen-bond donors (Lipinski definition) is 2. The number of pyridine rings is 1. The highest BCUT2D eigenvalue weighted by atomic mass is 79.9. The summed E-state index contributed by atoms with van der Waals surface area (Å²) in [5.41, 5.74) is 4.59. The van der Waals surface area contributed by atoms with E-state index in [0.29, 0.717) is 5.15 Å². The zero-order valence-electron chi connectivity index (χ0n) is 9.06. The molecule has 0 saturated heterocycles. The molecule has 2 rings (SSSR count). The molecule has 1 unspecified atom stereocenters. The van der Waals surface area contributed by atoms with Crippen molar-refractivity contribution in [2.45, 2.75) is 6.04 Å². The van der Waals surface area contributed by atoms with Crippen molar-refractivity contribution in [3.8, 4) is 0 Å². The highest BCUT2D eigenvalue weighted by molar-refractivity contribution is 9.10. The first kappa shape index (κ1) is 12.5. The number of halogens is 2. The fraction of sp³-hybridized carbons (Fsp3) is 0.200. The first-order valence-electron chi connectivity index (χ1n) is 4.88. The van der Waals surface area contributed by atoms with E-state index < -0.39 is 0 Å². The molecule has 0 fully saturated rings. The second-order valence-corrected chi connectivity index (χ2v) is 4.76. The van der Waals surface area contributed by atoms with Crippen LogP contribution in [0.5, 0.6) is 0 Å². The minimum atomic E-state index is -0.193. The van der Waals surface area contributed by atoms with E-state index in [4.69, 9.17) is 17.4 Å². The number of nitrogens with zero attached hydrogens (tertiary/aromatic N) is 3. The van der Waals surface area contributed by atoms with E-state index in [0.717, 1.165) is 15.7 Å². The summed E-state index contributed by atoms with van der Waals surface area (Å²) < 4.78 is 2.64. The second-order valence-electron chi connectivity index (χ2n) is 3.52. The van der Waals surface area contributed by atoms with Gasteiger partial charge in [-0.15, -0.1) is 0 Å². The van der Waals surface area contributed by atoms with Gasteiger partial charge in [-0.2, -0.15) is 5.10 Å². The van der Waals surface area contributed by atoms with E-state index in [-0.39, 0.29) is 6.04 Å². The molecule has 17 heavy (non-hydrogen) atoms. The van der Waals surface area contributed by atoms with Gasteiger partial charge in [-0.05, 0) is 27.6 Å². The summed E-state index contributed by atoms with van der Waals surface area (Å²) in [5, 5.41) is 4.61. The standard InChI is InChI=1S/C10H11BrClN5/c1-17-10(7(11)5-15-17)9(16-13)6-2-3-8(12)14-4-6/h2-5,9,16H,13H2,1H3. The Hall–Kier alpha value is -0.950. The molecule has 2 aromatic rings. The van der Waals surface area contributed by atoms with Crippen molar-refractivity contribution in [1.29, 1.82) is 0 Å². The lowest BCUT2D eigenvalue weighted by molar-refractivity contribution is 0.572. The third-order valence-electron chi connectivity index (χ3n) is 2.46. The molecule has 90 valence electrons. The predicted molar refractivity (Wildman–Crippen MR) is 69.3 cm³/mol. The lowest BCUT2D eigenvalue weighted by atomic mass is 10.1. The van der Waals surface area contributed by atoms with Gasteiger partial charge in [0.2, 0.25) is 0 Å². The van der Waals surface area contributed by atoms with Gasteiger partial charge < -0.3 is 0 Å². The third kappa shape index (κ3) is 2.50. The van der Waals surface area contributed by atoms with Gasteiger partial charge in [0.25, 0.3) is 0 Å². The molecule has 2 aromatic heterocycles. The molecule has 5 nitrogen and oxygen atoms in total. The maximum absolute atomic E-state index is 5.76. The number of aromatic nitrogens is 3. The minimum absolute atomic E-state index is 0.193. The van der Waals surface area contributed by atoms with Crippen LogP contribution in [0.15, 0.2) is 29.0 Å². The monoisotopic (exact) mass is 315 g/mol. The molecule has 0 amide bonds. The average Bonchev–Trinajstić information content (AvgIpc) is 2.64. The second kappa shape index (κ2) is 5.14. The molecule has 0 saturated carbocycles. The Morgan fingerprint density at radius 2 is 2.24 bits per heavy atom. The highest BCUT2D eigenvalue weighted by Crippen LogP contribution is 2.27. The number of nitrogens with one attached hydrogen (secondary N) is 1. The van der Waals surface area contributed by atoms with Crippen molar-refractivity contribution >= 4 is 27.5 Å². The van der Waals surface area contributed by atoms with Gasteiger partial charge in [0.15, 0.2) is 0 Å². The Morgan fingerprint density at radius 1 is 1.47 bits per heavy atom. The molecule has 2 heterocycles. The summed E-state index contributed by atoms with van der Waals surface area (Å²) in [4.78, 5) is 4.04. The molecule has 0 aromatic carbocycles. The summed E-state index contributed by atoms with van der Waals surface area (Å²) in [7, 11) is 1.85. The van der Waals surface area contributed by atoms with Crippen molar-refractivity contribution in [3.05, 3.63) is 45.4 Å². The van der Waals surface area contributed by atoms with Crippen molar-refractivity contribution in [3.63, 3.8) is 0 Å². The maximum Gasteiger partial charge on any atom is 0.129 e. The maximum atomic E-state index is 5.76. The molecule has 0 aliphatic carbocycles. The predicted octanol–water partition coefficient (Wildman–Crippen LogP) is 1.78. The Bertz CT molecular complexity index is 490. The van der Waals surface area contributed by atoms with Crippen LogP contribution in [0.2, 0.25) is 5.15 Å². The molecular weight excluding hydrogens is 306 g/mol. The minimum Gasteiger partial charge on any atom is -0.271 e. The summed E-state index contributed by atoms with van der Waals surface area (Å²) in [6, 6.07) is 3.41. The number of nitrogens with two attached hydrogens (primary N) is 1. The van der Waals surface area contributed by atoms with Gasteiger partial charge in [0, 0.05) is 13.2 Å². The number of aryl methyl sites for hydroxylation is 1. The summed E-state index contributed by atoms with van der Waals surface area (Å²) in [5.74, 6) is 5.60. The van der Waals surface area contributed by atoms with E-state index in [1.54, 1.807) is 23.1 Å². The average molecular weight is 317 g/mol. The lowest BCUT2D eigenvalue weighted by Gasteiger charge is -2.17. The van der Waals surface area contributed by atoms with E-state index in [1.807, 2.05) is 13.1 Å². The molecule has 0 bridgehead atoms. The summed E-state index contributed by atoms with van der Waals surface area (Å²) in [6.45, 7) is 0. The van der Waals surface area contributed by atoms with E-state index >= 15 is 0 Å². The largest absolute Gasteiger partial charge is 0.271 e. The van der Waals surface area contributed by atoms with Gasteiger partial charge in [-0.3, -0.25) is 10.5 Å². The zero-order chi connectivity index (χ0) is 12.4. The summed E-state index contributed by atoms with van der Waals surface area (Å²) in [6.07, 6.45) is 3.41. The Morgan fingerprint density at radius 3 is 2.71 bits per heavy atom. The molecule has 0 aliphatic rings. The van der Waals surface area contributed by atoms with Gasteiger partial charge in [0.1, 0.15) is 5.15 Å². The zero-order valence-corrected chi connectivity index (χ0v) is 11.4. The van der Waals surface area contributed by atoms with Crippen molar-refractivity contribution < 1.29 is 0 Å². The molecule has 0 aliphatic heterocycles. The lowest BCUT2D eigenvalue weighted by Crippen LogP contribution is -2.30. The number of hydrogen-bond acceptors (Lipinski definition) is 4. The number of rotatable bonds is 3. The molecule has 7 heteroatoms. The first-order valence-corrected chi connectivity index (χ1v) is 6.05.